The predicted molar refractivity (Wildman–Crippen MR) is 162 cm³/mol. The van der Waals surface area contributed by atoms with Gasteiger partial charge in [-0.1, -0.05) is 12.1 Å². The van der Waals surface area contributed by atoms with Crippen molar-refractivity contribution in [3.05, 3.63) is 86.5 Å². The molecule has 3 aromatic rings. The van der Waals surface area contributed by atoms with Crippen molar-refractivity contribution in [1.29, 1.82) is 5.26 Å². The van der Waals surface area contributed by atoms with Gasteiger partial charge in [0.1, 0.15) is 6.04 Å². The van der Waals surface area contributed by atoms with E-state index >= 15 is 0 Å². The highest BCUT2D eigenvalue weighted by Crippen LogP contribution is 2.45. The Bertz CT molecular complexity index is 1720. The molecule has 2 heterocycles. The van der Waals surface area contributed by atoms with Crippen molar-refractivity contribution < 1.29 is 32.6 Å². The molecule has 46 heavy (non-hydrogen) atoms. The maximum Gasteiger partial charge on any atom is 0.416 e. The highest BCUT2D eigenvalue weighted by Gasteiger charge is 2.41. The molecule has 14 heteroatoms. The van der Waals surface area contributed by atoms with E-state index in [0.29, 0.717) is 29.4 Å². The number of carbonyl (C=O) groups is 2. The van der Waals surface area contributed by atoms with Crippen LogP contribution in [0.15, 0.2) is 58.5 Å². The third-order valence-electron chi connectivity index (χ3n) is 8.24. The fraction of sp³-hybridized carbons (Fsp3) is 0.406. The van der Waals surface area contributed by atoms with Gasteiger partial charge in [-0.25, -0.2) is 19.3 Å². The summed E-state index contributed by atoms with van der Waals surface area (Å²) in [6.45, 7) is 2.38. The number of carbonyl (C=O) groups excluding carboxylic acids is 1. The smallest absolute Gasteiger partial charge is 0.416 e. The molecule has 2 N–H and O–H groups in total. The molecule has 0 saturated heterocycles. The largest absolute Gasteiger partial charge is 0.483 e. The van der Waals surface area contributed by atoms with Crippen molar-refractivity contribution in [3.63, 3.8) is 0 Å². The number of hydrogen-bond acceptors (Lipinski definition) is 8. The first-order valence-electron chi connectivity index (χ1n) is 14.5. The number of ether oxygens (including phenoxy) is 1. The van der Waals surface area contributed by atoms with E-state index in [1.165, 1.54) is 35.1 Å². The molecule has 0 radical (unpaired) electrons. The van der Waals surface area contributed by atoms with Gasteiger partial charge < -0.3 is 14.7 Å². The summed E-state index contributed by atoms with van der Waals surface area (Å²) in [7, 11) is 5.34. The predicted octanol–water partition coefficient (Wildman–Crippen LogP) is 4.87. The Labute approximate surface area is 263 Å². The summed E-state index contributed by atoms with van der Waals surface area (Å²) >= 11 is 0. The number of anilines is 2. The lowest BCUT2D eigenvalue weighted by atomic mass is 9.88. The van der Waals surface area contributed by atoms with Gasteiger partial charge in [-0.15, -0.1) is 5.10 Å². The molecule has 2 unspecified atom stereocenters. The molecule has 1 saturated carbocycles. The Balaban J connectivity index is 0.00000154. The van der Waals surface area contributed by atoms with Gasteiger partial charge in [-0.3, -0.25) is 9.69 Å². The number of halogens is 3. The number of rotatable bonds is 9. The fourth-order valence-electron chi connectivity index (χ4n) is 6.15. The average molecular weight is 641 g/mol. The number of allylic oxidation sites excluding steroid dienone is 1. The van der Waals surface area contributed by atoms with E-state index in [9.17, 15) is 28.0 Å². The second-order valence-electron chi connectivity index (χ2n) is 11.5. The molecule has 3 atom stereocenters. The van der Waals surface area contributed by atoms with Crippen LogP contribution < -0.4 is 10.6 Å². The highest BCUT2D eigenvalue weighted by atomic mass is 19.4. The number of benzene rings is 2. The van der Waals surface area contributed by atoms with E-state index in [0.717, 1.165) is 37.1 Å². The first-order valence-corrected chi connectivity index (χ1v) is 14.5. The summed E-state index contributed by atoms with van der Waals surface area (Å²) in [6, 6.07) is 10.9. The second-order valence-corrected chi connectivity index (χ2v) is 11.5. The number of nitrogens with zero attached hydrogens (tertiary/aromatic N) is 5. The second kappa shape index (κ2) is 14.0. The Morgan fingerprint density at radius 3 is 2.59 bits per heavy atom. The van der Waals surface area contributed by atoms with Gasteiger partial charge in [0.2, 0.25) is 5.95 Å². The van der Waals surface area contributed by atoms with Crippen LogP contribution in [0.5, 0.6) is 0 Å². The number of alkyl halides is 3. The van der Waals surface area contributed by atoms with Crippen molar-refractivity contribution in [3.8, 4) is 6.07 Å². The molecule has 1 aliphatic heterocycles. The summed E-state index contributed by atoms with van der Waals surface area (Å²) in [6.07, 6.45) is -0.952. The number of aromatic amines is 1. The van der Waals surface area contributed by atoms with Crippen molar-refractivity contribution in [2.75, 3.05) is 32.6 Å². The number of fused-ring (bicyclic) bond motifs is 1. The summed E-state index contributed by atoms with van der Waals surface area (Å²) in [5.41, 5.74) is 0.744. The van der Waals surface area contributed by atoms with Crippen LogP contribution in [0.2, 0.25) is 0 Å². The van der Waals surface area contributed by atoms with E-state index in [-0.39, 0.29) is 29.4 Å². The molecular formula is C32H35F3N6O5. The van der Waals surface area contributed by atoms with Crippen LogP contribution in [0.3, 0.4) is 0 Å². The number of aryl methyl sites for hydroxylation is 1. The number of H-pyrrole nitrogens is 1. The first kappa shape index (κ1) is 34.0. The lowest BCUT2D eigenvalue weighted by Gasteiger charge is -2.36. The molecule has 0 amide bonds. The SMILES string of the molecule is COC(=O)C1=C(C)N(c2cccc(C(F)(F)F)c2)c2n[nH]c(=O)n2[C@@H]1c1ccc(C#N)cc1CCCC1CC1CN(C)C.O=CO. The summed E-state index contributed by atoms with van der Waals surface area (Å²) < 4.78 is 47.2. The minimum atomic E-state index is -4.60. The Morgan fingerprint density at radius 1 is 1.24 bits per heavy atom. The molecule has 0 bridgehead atoms. The fourth-order valence-corrected chi connectivity index (χ4v) is 6.15. The summed E-state index contributed by atoms with van der Waals surface area (Å²) in [5.74, 6) is 0.595. The van der Waals surface area contributed by atoms with Gasteiger partial charge >= 0.3 is 17.8 Å². The third kappa shape index (κ3) is 7.15. The van der Waals surface area contributed by atoms with Gasteiger partial charge in [0.05, 0.1) is 29.9 Å². The van der Waals surface area contributed by atoms with E-state index in [1.54, 1.807) is 25.1 Å². The third-order valence-corrected chi connectivity index (χ3v) is 8.24. The van der Waals surface area contributed by atoms with Gasteiger partial charge in [-0.2, -0.15) is 18.4 Å². The minimum Gasteiger partial charge on any atom is -0.483 e. The molecule has 1 fully saturated rings. The maximum atomic E-state index is 13.6. The quantitative estimate of drug-likeness (QED) is 0.247. The van der Waals surface area contributed by atoms with Crippen molar-refractivity contribution in [2.24, 2.45) is 11.8 Å². The van der Waals surface area contributed by atoms with E-state index in [4.69, 9.17) is 14.6 Å². The molecule has 5 rings (SSSR count). The Kier molecular flexibility index (Phi) is 10.4. The van der Waals surface area contributed by atoms with E-state index in [2.05, 4.69) is 35.3 Å². The van der Waals surface area contributed by atoms with E-state index < -0.39 is 29.4 Å². The van der Waals surface area contributed by atoms with Crippen LogP contribution in [0, 0.1) is 23.2 Å². The summed E-state index contributed by atoms with van der Waals surface area (Å²) in [4.78, 5) is 38.6. The monoisotopic (exact) mass is 640 g/mol. The number of nitrogens with one attached hydrogen (secondary N) is 1. The molecular weight excluding hydrogens is 605 g/mol. The van der Waals surface area contributed by atoms with Crippen molar-refractivity contribution >= 4 is 24.1 Å². The first-order chi connectivity index (χ1) is 21.9. The highest BCUT2D eigenvalue weighted by molar-refractivity contribution is 5.93. The number of nitriles is 1. The molecule has 244 valence electrons. The van der Waals surface area contributed by atoms with Crippen molar-refractivity contribution in [1.82, 2.24) is 19.7 Å². The topological polar surface area (TPSA) is 145 Å². The zero-order valence-corrected chi connectivity index (χ0v) is 25.8. The standard InChI is InChI=1S/C31H33F3N6O3.CH2O2/c1-18-26(28(41)43-4)27(25-12-11-19(16-35)13-21(25)8-5-7-20-14-22(20)17-38(2)3)40-29(36-37-30(40)42)39(18)24-10-6-9-23(15-24)31(32,33)34;2-1-3/h6,9-13,15,20,22,27H,5,7-8,14,17H2,1-4H3,(H,37,42);1H,(H,2,3)/t20?,22?,27-;/m1./s1. The van der Waals surface area contributed by atoms with E-state index in [1.807, 2.05) is 0 Å². The zero-order valence-electron chi connectivity index (χ0n) is 25.8. The number of hydrogen-bond donors (Lipinski definition) is 2. The number of esters is 1. The van der Waals surface area contributed by atoms with Gasteiger partial charge in [-0.05, 0) is 100.0 Å². The minimum absolute atomic E-state index is 0.0271. The zero-order chi connectivity index (χ0) is 33.8. The van der Waals surface area contributed by atoms with Crippen LogP contribution in [0.4, 0.5) is 24.8 Å². The van der Waals surface area contributed by atoms with Crippen LogP contribution in [0.1, 0.15) is 54.5 Å². The normalized spacial score (nSPS) is 18.8. The van der Waals surface area contributed by atoms with Gasteiger partial charge in [0.15, 0.2) is 0 Å². The van der Waals surface area contributed by atoms with Crippen molar-refractivity contribution in [2.45, 2.75) is 44.8 Å². The molecule has 0 spiro atoms. The van der Waals surface area contributed by atoms with Gasteiger partial charge in [0.25, 0.3) is 6.47 Å². The van der Waals surface area contributed by atoms with Crippen LogP contribution in [0.25, 0.3) is 0 Å². The maximum absolute atomic E-state index is 13.6. The molecule has 1 aromatic heterocycles. The molecule has 2 aliphatic rings. The number of aromatic nitrogens is 3. The lowest BCUT2D eigenvalue weighted by Crippen LogP contribution is -2.38. The Hall–Kier alpha value is -4.90. The number of carboxylic acid groups (broad SMARTS) is 1. The molecule has 11 nitrogen and oxygen atoms in total. The van der Waals surface area contributed by atoms with Crippen LogP contribution in [-0.4, -0.2) is 65.0 Å². The van der Waals surface area contributed by atoms with Gasteiger partial charge in [0, 0.05) is 17.9 Å². The van der Waals surface area contributed by atoms with Crippen LogP contribution >= 0.6 is 0 Å². The number of methoxy groups -OCH3 is 1. The Morgan fingerprint density at radius 2 is 1.96 bits per heavy atom. The molecule has 1 aliphatic carbocycles. The lowest BCUT2D eigenvalue weighted by molar-refractivity contribution is -0.138. The summed E-state index contributed by atoms with van der Waals surface area (Å²) in [5, 5.41) is 23.1. The molecule has 2 aromatic carbocycles. The van der Waals surface area contributed by atoms with Crippen LogP contribution in [-0.2, 0) is 26.9 Å². The average Bonchev–Trinajstić information content (AvgIpc) is 3.63.